The summed E-state index contributed by atoms with van der Waals surface area (Å²) in [4.78, 5) is 18.2. The van der Waals surface area contributed by atoms with Gasteiger partial charge in [-0.05, 0) is 43.2 Å². The lowest BCUT2D eigenvalue weighted by Crippen LogP contribution is -2.00. The molecule has 0 spiro atoms. The van der Waals surface area contributed by atoms with E-state index >= 15 is 0 Å². The van der Waals surface area contributed by atoms with Crippen LogP contribution >= 0.6 is 0 Å². The molecule has 0 amide bonds. The molecule has 1 aliphatic rings. The maximum absolute atomic E-state index is 15.0. The minimum absolute atomic E-state index is 0.0338. The van der Waals surface area contributed by atoms with Gasteiger partial charge in [0.25, 0.3) is 0 Å². The second-order valence-electron chi connectivity index (χ2n) is 8.42. The average Bonchev–Trinajstić information content (AvgIpc) is 3.61. The van der Waals surface area contributed by atoms with Crippen molar-refractivity contribution in [3.8, 4) is 23.0 Å². The van der Waals surface area contributed by atoms with Crippen LogP contribution in [0.15, 0.2) is 65.3 Å². The number of ether oxygens (including phenoxy) is 1. The van der Waals surface area contributed by atoms with E-state index in [4.69, 9.17) is 9.15 Å². The second kappa shape index (κ2) is 8.90. The molecule has 1 N–H and O–H groups in total. The Labute approximate surface area is 207 Å². The van der Waals surface area contributed by atoms with Gasteiger partial charge in [0.05, 0.1) is 21.5 Å². The summed E-state index contributed by atoms with van der Waals surface area (Å²) in [5.74, 6) is 0.419. The van der Waals surface area contributed by atoms with Crippen molar-refractivity contribution in [2.24, 2.45) is 0 Å². The molecule has 2 aromatic heterocycles. The SMILES string of the molecule is O=[N+]([O-])c1cc2c(Nc3ccc(Oc4cccc(-c5nnc(C6CC6)o5)c4)cc3F)ncnc2cc1F. The summed E-state index contributed by atoms with van der Waals surface area (Å²) in [6.07, 6.45) is 3.25. The number of benzene rings is 3. The number of nitrogens with one attached hydrogen (secondary N) is 1. The average molecular weight is 502 g/mol. The first kappa shape index (κ1) is 22.5. The molecular formula is C25H16F2N6O4. The number of anilines is 2. The fraction of sp³-hybridized carbons (Fsp3) is 0.120. The number of aromatic nitrogens is 4. The van der Waals surface area contributed by atoms with Gasteiger partial charge in [0.1, 0.15) is 29.5 Å². The van der Waals surface area contributed by atoms with Crippen molar-refractivity contribution in [2.75, 3.05) is 5.32 Å². The quantitative estimate of drug-likeness (QED) is 0.202. The monoisotopic (exact) mass is 502 g/mol. The van der Waals surface area contributed by atoms with Crippen molar-refractivity contribution in [3.05, 3.63) is 88.6 Å². The highest BCUT2D eigenvalue weighted by Gasteiger charge is 2.29. The molecule has 1 aliphatic carbocycles. The van der Waals surface area contributed by atoms with Crippen LogP contribution in [0, 0.1) is 21.7 Å². The Hall–Kier alpha value is -5.00. The number of nitro groups is 1. The number of halogens is 2. The highest BCUT2D eigenvalue weighted by molar-refractivity contribution is 5.92. The molecule has 2 heterocycles. The molecule has 1 fully saturated rings. The van der Waals surface area contributed by atoms with Crippen molar-refractivity contribution in [1.29, 1.82) is 0 Å². The number of hydrogen-bond donors (Lipinski definition) is 1. The van der Waals surface area contributed by atoms with Crippen LogP contribution in [0.2, 0.25) is 0 Å². The number of nitrogens with zero attached hydrogens (tertiary/aromatic N) is 5. The summed E-state index contributed by atoms with van der Waals surface area (Å²) in [7, 11) is 0. The Balaban J connectivity index is 1.23. The maximum Gasteiger partial charge on any atom is 0.305 e. The van der Waals surface area contributed by atoms with Gasteiger partial charge in [0.15, 0.2) is 0 Å². The summed E-state index contributed by atoms with van der Waals surface area (Å²) in [5, 5.41) is 22.3. The largest absolute Gasteiger partial charge is 0.457 e. The fourth-order valence-electron chi connectivity index (χ4n) is 3.77. The third-order valence-corrected chi connectivity index (χ3v) is 5.78. The van der Waals surface area contributed by atoms with Crippen LogP contribution in [0.1, 0.15) is 24.7 Å². The predicted molar refractivity (Wildman–Crippen MR) is 128 cm³/mol. The van der Waals surface area contributed by atoms with Crippen LogP contribution in [0.4, 0.5) is 26.0 Å². The maximum atomic E-state index is 15.0. The van der Waals surface area contributed by atoms with E-state index < -0.39 is 22.2 Å². The zero-order valence-electron chi connectivity index (χ0n) is 18.9. The molecule has 0 unspecified atom stereocenters. The van der Waals surface area contributed by atoms with E-state index in [1.165, 1.54) is 12.1 Å². The Bertz CT molecular complexity index is 1670. The number of hydrogen-bond acceptors (Lipinski definition) is 9. The molecule has 0 saturated heterocycles. The molecule has 0 atom stereocenters. The standard InChI is InChI=1S/C25H16F2N6O4/c26-18-9-16(36-15-3-1-2-14(8-15)25-32-31-24(37-25)13-4-5-13)6-7-20(18)30-23-17-10-22(33(34)35)19(27)11-21(17)28-12-29-23/h1-3,6-13H,4-5H2,(H,28,29,30). The molecule has 6 rings (SSSR count). The highest BCUT2D eigenvalue weighted by Crippen LogP contribution is 2.40. The minimum atomic E-state index is -1.03. The van der Waals surface area contributed by atoms with Crippen LogP contribution in [-0.4, -0.2) is 25.1 Å². The lowest BCUT2D eigenvalue weighted by Gasteiger charge is -2.11. The Morgan fingerprint density at radius 2 is 1.84 bits per heavy atom. The molecule has 0 bridgehead atoms. The van der Waals surface area contributed by atoms with Gasteiger partial charge in [-0.15, -0.1) is 10.2 Å². The molecule has 184 valence electrons. The van der Waals surface area contributed by atoms with Gasteiger partial charge in [-0.1, -0.05) is 6.07 Å². The van der Waals surface area contributed by atoms with E-state index in [0.29, 0.717) is 29.0 Å². The van der Waals surface area contributed by atoms with Crippen LogP contribution < -0.4 is 10.1 Å². The first-order valence-corrected chi connectivity index (χ1v) is 11.2. The predicted octanol–water partition coefficient (Wildman–Crippen LogP) is 6.28. The zero-order valence-corrected chi connectivity index (χ0v) is 18.9. The molecule has 3 aromatic carbocycles. The normalized spacial score (nSPS) is 13.0. The molecule has 0 radical (unpaired) electrons. The van der Waals surface area contributed by atoms with Crippen molar-refractivity contribution >= 4 is 28.1 Å². The first-order chi connectivity index (χ1) is 17.9. The molecule has 1 saturated carbocycles. The zero-order chi connectivity index (χ0) is 25.5. The van der Waals surface area contributed by atoms with E-state index in [1.54, 1.807) is 24.3 Å². The van der Waals surface area contributed by atoms with Crippen LogP contribution in [0.25, 0.3) is 22.4 Å². The Morgan fingerprint density at radius 3 is 2.62 bits per heavy atom. The summed E-state index contributed by atoms with van der Waals surface area (Å²) in [5.41, 5.74) is 0.107. The van der Waals surface area contributed by atoms with E-state index in [0.717, 1.165) is 31.3 Å². The van der Waals surface area contributed by atoms with Crippen molar-refractivity contribution in [3.63, 3.8) is 0 Å². The summed E-state index contributed by atoms with van der Waals surface area (Å²) in [6, 6.07) is 13.1. The highest BCUT2D eigenvalue weighted by atomic mass is 19.1. The smallest absolute Gasteiger partial charge is 0.305 e. The van der Waals surface area contributed by atoms with Gasteiger partial charge in [-0.3, -0.25) is 10.1 Å². The second-order valence-corrected chi connectivity index (χ2v) is 8.42. The third kappa shape index (κ3) is 4.51. The van der Waals surface area contributed by atoms with Gasteiger partial charge >= 0.3 is 5.69 Å². The lowest BCUT2D eigenvalue weighted by atomic mass is 10.2. The Morgan fingerprint density at radius 1 is 1.00 bits per heavy atom. The number of rotatable bonds is 7. The Kier molecular flexibility index (Phi) is 5.40. The van der Waals surface area contributed by atoms with Crippen molar-refractivity contribution in [2.45, 2.75) is 18.8 Å². The molecule has 0 aliphatic heterocycles. The van der Waals surface area contributed by atoms with Gasteiger partial charge in [0, 0.05) is 29.7 Å². The molecule has 37 heavy (non-hydrogen) atoms. The summed E-state index contributed by atoms with van der Waals surface area (Å²) < 4.78 is 40.5. The first-order valence-electron chi connectivity index (χ1n) is 11.2. The number of nitro benzene ring substituents is 1. The van der Waals surface area contributed by atoms with Gasteiger partial charge in [-0.25, -0.2) is 14.4 Å². The minimum Gasteiger partial charge on any atom is -0.457 e. The summed E-state index contributed by atoms with van der Waals surface area (Å²) in [6.45, 7) is 0. The van der Waals surface area contributed by atoms with E-state index in [1.807, 2.05) is 6.07 Å². The topological polar surface area (TPSA) is 129 Å². The van der Waals surface area contributed by atoms with Gasteiger partial charge < -0.3 is 14.5 Å². The van der Waals surface area contributed by atoms with Crippen LogP contribution in [0.3, 0.4) is 0 Å². The van der Waals surface area contributed by atoms with Crippen LogP contribution in [0.5, 0.6) is 11.5 Å². The van der Waals surface area contributed by atoms with E-state index in [-0.39, 0.29) is 28.2 Å². The molecule has 12 heteroatoms. The van der Waals surface area contributed by atoms with Crippen molar-refractivity contribution < 1.29 is 22.9 Å². The number of fused-ring (bicyclic) bond motifs is 1. The third-order valence-electron chi connectivity index (χ3n) is 5.78. The fourth-order valence-corrected chi connectivity index (χ4v) is 3.77. The molecule has 10 nitrogen and oxygen atoms in total. The van der Waals surface area contributed by atoms with Gasteiger partial charge in [-0.2, -0.15) is 4.39 Å². The summed E-state index contributed by atoms with van der Waals surface area (Å²) >= 11 is 0. The molecular weight excluding hydrogens is 486 g/mol. The van der Waals surface area contributed by atoms with Crippen molar-refractivity contribution in [1.82, 2.24) is 20.2 Å². The van der Waals surface area contributed by atoms with E-state index in [2.05, 4.69) is 25.5 Å². The molecule has 5 aromatic rings. The lowest BCUT2D eigenvalue weighted by molar-refractivity contribution is -0.387. The van der Waals surface area contributed by atoms with Crippen LogP contribution in [-0.2, 0) is 0 Å². The van der Waals surface area contributed by atoms with Gasteiger partial charge in [0.2, 0.25) is 17.6 Å². The van der Waals surface area contributed by atoms with E-state index in [9.17, 15) is 18.9 Å².